The van der Waals surface area contributed by atoms with Crippen molar-refractivity contribution in [2.75, 3.05) is 5.32 Å². The van der Waals surface area contributed by atoms with Crippen LogP contribution in [0.4, 0.5) is 11.5 Å². The van der Waals surface area contributed by atoms with E-state index in [0.717, 1.165) is 0 Å². The maximum Gasteiger partial charge on any atom is 0.356 e. The summed E-state index contributed by atoms with van der Waals surface area (Å²) in [7, 11) is 0. The molecule has 0 bridgehead atoms. The number of hydrogen-bond donors (Lipinski definition) is 2. The van der Waals surface area contributed by atoms with Crippen molar-refractivity contribution in [2.24, 2.45) is 0 Å². The van der Waals surface area contributed by atoms with Gasteiger partial charge in [-0.3, -0.25) is 0 Å². The lowest BCUT2D eigenvalue weighted by molar-refractivity contribution is 0.0690. The van der Waals surface area contributed by atoms with Gasteiger partial charge < -0.3 is 10.4 Å². The molecule has 2 aromatic heterocycles. The molecule has 2 aromatic rings. The Morgan fingerprint density at radius 2 is 1.88 bits per heavy atom. The summed E-state index contributed by atoms with van der Waals surface area (Å²) in [6, 6.07) is 0. The van der Waals surface area contributed by atoms with E-state index in [-0.39, 0.29) is 5.69 Å². The molecule has 2 heterocycles. The lowest BCUT2D eigenvalue weighted by atomic mass is 10.4. The van der Waals surface area contributed by atoms with Crippen LogP contribution in [0.15, 0.2) is 31.1 Å². The zero-order valence-electron chi connectivity index (χ0n) is 8.03. The number of nitrogens with one attached hydrogen (secondary N) is 1. The van der Waals surface area contributed by atoms with Crippen molar-refractivity contribution < 1.29 is 9.90 Å². The van der Waals surface area contributed by atoms with E-state index in [1.807, 2.05) is 0 Å². The smallest absolute Gasteiger partial charge is 0.356 e. The third-order valence-electron chi connectivity index (χ3n) is 1.70. The second-order valence-electron chi connectivity index (χ2n) is 2.84. The van der Waals surface area contributed by atoms with Gasteiger partial charge in [0.1, 0.15) is 12.1 Å². The molecule has 2 N–H and O–H groups in total. The van der Waals surface area contributed by atoms with E-state index in [1.165, 1.54) is 18.7 Å². The second-order valence-corrected chi connectivity index (χ2v) is 2.84. The van der Waals surface area contributed by atoms with Gasteiger partial charge in [-0.2, -0.15) is 0 Å². The van der Waals surface area contributed by atoms with Crippen LogP contribution in [0, 0.1) is 0 Å². The highest BCUT2D eigenvalue weighted by Crippen LogP contribution is 2.09. The summed E-state index contributed by atoms with van der Waals surface area (Å²) >= 11 is 0. The summed E-state index contributed by atoms with van der Waals surface area (Å²) in [5, 5.41) is 11.5. The van der Waals surface area contributed by atoms with Crippen molar-refractivity contribution in [3.8, 4) is 0 Å². The number of nitrogens with zero attached hydrogens (tertiary/aromatic N) is 4. The molecular weight excluding hydrogens is 210 g/mol. The van der Waals surface area contributed by atoms with Gasteiger partial charge in [-0.05, 0) is 0 Å². The molecule has 7 heteroatoms. The number of anilines is 2. The first-order valence-electron chi connectivity index (χ1n) is 4.33. The minimum absolute atomic E-state index is 0.102. The van der Waals surface area contributed by atoms with Crippen molar-refractivity contribution in [3.63, 3.8) is 0 Å². The summed E-state index contributed by atoms with van der Waals surface area (Å²) in [6.07, 6.45) is 7.05. The van der Waals surface area contributed by atoms with E-state index in [9.17, 15) is 4.79 Å². The van der Waals surface area contributed by atoms with Crippen molar-refractivity contribution >= 4 is 17.5 Å². The summed E-state index contributed by atoms with van der Waals surface area (Å²) in [5.41, 5.74) is 0.551. The fourth-order valence-corrected chi connectivity index (χ4v) is 1.01. The Balaban J connectivity index is 2.14. The zero-order chi connectivity index (χ0) is 11.4. The van der Waals surface area contributed by atoms with Crippen molar-refractivity contribution in [3.05, 3.63) is 36.8 Å². The molecule has 0 atom stereocenters. The van der Waals surface area contributed by atoms with E-state index in [2.05, 4.69) is 25.3 Å². The normalized spacial score (nSPS) is 9.75. The van der Waals surface area contributed by atoms with E-state index in [4.69, 9.17) is 5.11 Å². The Morgan fingerprint density at radius 1 is 1.12 bits per heavy atom. The van der Waals surface area contributed by atoms with Crippen LogP contribution in [0.2, 0.25) is 0 Å². The average Bonchev–Trinajstić information content (AvgIpc) is 2.31. The van der Waals surface area contributed by atoms with E-state index >= 15 is 0 Å². The fourth-order valence-electron chi connectivity index (χ4n) is 1.01. The molecule has 16 heavy (non-hydrogen) atoms. The first-order valence-corrected chi connectivity index (χ1v) is 4.33. The third-order valence-corrected chi connectivity index (χ3v) is 1.70. The van der Waals surface area contributed by atoms with Gasteiger partial charge in [-0.25, -0.2) is 24.7 Å². The van der Waals surface area contributed by atoms with Gasteiger partial charge in [0.25, 0.3) is 0 Å². The number of carbonyl (C=O) groups is 1. The van der Waals surface area contributed by atoms with Crippen LogP contribution in [0.3, 0.4) is 0 Å². The molecule has 0 unspecified atom stereocenters. The predicted molar refractivity (Wildman–Crippen MR) is 54.3 cm³/mol. The minimum atomic E-state index is -1.11. The lowest BCUT2D eigenvalue weighted by Crippen LogP contribution is -2.02. The van der Waals surface area contributed by atoms with Crippen LogP contribution >= 0.6 is 0 Å². The maximum atomic E-state index is 10.5. The molecule has 0 fully saturated rings. The van der Waals surface area contributed by atoms with Gasteiger partial charge in [-0.1, -0.05) is 0 Å². The molecule has 0 radical (unpaired) electrons. The molecule has 0 aromatic carbocycles. The highest BCUT2D eigenvalue weighted by atomic mass is 16.4. The number of carboxylic acids is 1. The van der Waals surface area contributed by atoms with Crippen LogP contribution in [0.5, 0.6) is 0 Å². The van der Waals surface area contributed by atoms with Gasteiger partial charge in [0, 0.05) is 0 Å². The average molecular weight is 217 g/mol. The number of aromatic nitrogens is 4. The van der Waals surface area contributed by atoms with Crippen molar-refractivity contribution in [1.82, 2.24) is 19.9 Å². The van der Waals surface area contributed by atoms with Gasteiger partial charge in [-0.15, -0.1) is 0 Å². The Bertz CT molecular complexity index is 485. The summed E-state index contributed by atoms with van der Waals surface area (Å²) in [6.45, 7) is 0. The molecular formula is C9H7N5O2. The lowest BCUT2D eigenvalue weighted by Gasteiger charge is -2.03. The Morgan fingerprint density at radius 3 is 2.44 bits per heavy atom. The van der Waals surface area contributed by atoms with Crippen molar-refractivity contribution in [2.45, 2.75) is 0 Å². The SMILES string of the molecule is O=C(O)c1cnc(Nc2cncnc2)cn1. The number of hydrogen-bond acceptors (Lipinski definition) is 6. The first kappa shape index (κ1) is 9.97. The van der Waals surface area contributed by atoms with E-state index in [1.54, 1.807) is 12.4 Å². The molecule has 0 saturated carbocycles. The topological polar surface area (TPSA) is 101 Å². The Hall–Kier alpha value is -2.57. The largest absolute Gasteiger partial charge is 0.476 e. The monoisotopic (exact) mass is 217 g/mol. The zero-order valence-corrected chi connectivity index (χ0v) is 8.03. The van der Waals surface area contributed by atoms with E-state index in [0.29, 0.717) is 11.5 Å². The molecule has 0 spiro atoms. The second kappa shape index (κ2) is 4.30. The van der Waals surface area contributed by atoms with Gasteiger partial charge in [0.05, 0.1) is 30.5 Å². The van der Waals surface area contributed by atoms with E-state index < -0.39 is 5.97 Å². The third kappa shape index (κ3) is 2.27. The van der Waals surface area contributed by atoms with Gasteiger partial charge in [0.2, 0.25) is 0 Å². The highest BCUT2D eigenvalue weighted by Gasteiger charge is 2.04. The summed E-state index contributed by atoms with van der Waals surface area (Å²) in [5.74, 6) is -0.679. The molecule has 2 rings (SSSR count). The molecule has 80 valence electrons. The first-order chi connectivity index (χ1) is 7.75. The molecule has 0 amide bonds. The Kier molecular flexibility index (Phi) is 2.68. The quantitative estimate of drug-likeness (QED) is 0.780. The molecule has 0 aliphatic heterocycles. The Labute approximate surface area is 90.2 Å². The van der Waals surface area contributed by atoms with Crippen LogP contribution < -0.4 is 5.32 Å². The van der Waals surface area contributed by atoms with Gasteiger partial charge in [0.15, 0.2) is 5.69 Å². The maximum absolute atomic E-state index is 10.5. The standard InChI is InChI=1S/C9H7N5O2/c15-9(16)7-3-13-8(4-12-7)14-6-1-10-5-11-2-6/h1-5H,(H,13,14)(H,15,16). The number of carboxylic acid groups (broad SMARTS) is 1. The molecule has 0 aliphatic carbocycles. The molecule has 7 nitrogen and oxygen atoms in total. The van der Waals surface area contributed by atoms with Crippen LogP contribution in [0.1, 0.15) is 10.5 Å². The van der Waals surface area contributed by atoms with Crippen LogP contribution in [0.25, 0.3) is 0 Å². The number of aromatic carboxylic acids is 1. The predicted octanol–water partition coefficient (Wildman–Crippen LogP) is 0.708. The molecule has 0 aliphatic rings. The van der Waals surface area contributed by atoms with Gasteiger partial charge >= 0.3 is 5.97 Å². The highest BCUT2D eigenvalue weighted by molar-refractivity contribution is 5.84. The summed E-state index contributed by atoms with van der Waals surface area (Å²) < 4.78 is 0. The minimum Gasteiger partial charge on any atom is -0.476 e. The van der Waals surface area contributed by atoms with Crippen LogP contribution in [-0.4, -0.2) is 31.0 Å². The molecule has 0 saturated heterocycles. The number of rotatable bonds is 3. The van der Waals surface area contributed by atoms with Crippen LogP contribution in [-0.2, 0) is 0 Å². The fraction of sp³-hybridized carbons (Fsp3) is 0. The summed E-state index contributed by atoms with van der Waals surface area (Å²) in [4.78, 5) is 25.7. The van der Waals surface area contributed by atoms with Crippen molar-refractivity contribution in [1.29, 1.82) is 0 Å².